The quantitative estimate of drug-likeness (QED) is 0.867. The van der Waals surface area contributed by atoms with Crippen LogP contribution < -0.4 is 11.2 Å². The van der Waals surface area contributed by atoms with Gasteiger partial charge in [-0.15, -0.1) is 11.3 Å². The SMILES string of the molecule is CCC(c1cccs1)n1c(=O)[nH]cc(C(C)=O)c1=O. The summed E-state index contributed by atoms with van der Waals surface area (Å²) < 4.78 is 1.13. The molecule has 0 radical (unpaired) electrons. The van der Waals surface area contributed by atoms with Crippen molar-refractivity contribution < 1.29 is 4.79 Å². The predicted octanol–water partition coefficient (Wildman–Crippen LogP) is 1.80. The molecule has 100 valence electrons. The number of aromatic nitrogens is 2. The number of carbonyl (C=O) groups is 1. The fourth-order valence-electron chi connectivity index (χ4n) is 2.01. The standard InChI is InChI=1S/C13H14N2O3S/c1-3-10(11-5-4-6-19-11)15-12(17)9(8(2)16)7-14-13(15)18/h4-7,10H,3H2,1-2H3,(H,14,18). The molecule has 0 aliphatic carbocycles. The Morgan fingerprint density at radius 1 is 1.47 bits per heavy atom. The van der Waals surface area contributed by atoms with E-state index in [0.29, 0.717) is 6.42 Å². The van der Waals surface area contributed by atoms with Crippen molar-refractivity contribution in [1.29, 1.82) is 0 Å². The third kappa shape index (κ3) is 2.44. The van der Waals surface area contributed by atoms with Crippen molar-refractivity contribution in [2.75, 3.05) is 0 Å². The van der Waals surface area contributed by atoms with Crippen molar-refractivity contribution >= 4 is 17.1 Å². The fourth-order valence-corrected chi connectivity index (χ4v) is 2.91. The van der Waals surface area contributed by atoms with Gasteiger partial charge >= 0.3 is 5.69 Å². The molecule has 1 atom stereocenters. The highest BCUT2D eigenvalue weighted by molar-refractivity contribution is 7.10. The molecule has 2 rings (SSSR count). The van der Waals surface area contributed by atoms with Crippen LogP contribution in [0.2, 0.25) is 0 Å². The number of Topliss-reactive ketones (excluding diaryl/α,β-unsaturated/α-hetero) is 1. The van der Waals surface area contributed by atoms with Crippen molar-refractivity contribution in [2.45, 2.75) is 26.3 Å². The second-order valence-electron chi connectivity index (χ2n) is 4.18. The Labute approximate surface area is 113 Å². The van der Waals surface area contributed by atoms with Crippen LogP contribution in [0, 0.1) is 0 Å². The molecular weight excluding hydrogens is 264 g/mol. The summed E-state index contributed by atoms with van der Waals surface area (Å²) in [6, 6.07) is 3.41. The number of nitrogens with one attached hydrogen (secondary N) is 1. The minimum absolute atomic E-state index is 0.00889. The Morgan fingerprint density at radius 2 is 2.21 bits per heavy atom. The van der Waals surface area contributed by atoms with Crippen molar-refractivity contribution in [3.63, 3.8) is 0 Å². The molecule has 0 amide bonds. The van der Waals surface area contributed by atoms with Crippen molar-refractivity contribution in [3.8, 4) is 0 Å². The zero-order valence-corrected chi connectivity index (χ0v) is 11.5. The summed E-state index contributed by atoms with van der Waals surface area (Å²) in [6.45, 7) is 3.21. The molecule has 2 aromatic heterocycles. The Bertz CT molecular complexity index is 697. The molecule has 0 spiro atoms. The summed E-state index contributed by atoms with van der Waals surface area (Å²) in [4.78, 5) is 38.9. The molecule has 2 aromatic rings. The van der Waals surface area contributed by atoms with E-state index >= 15 is 0 Å². The number of thiophene rings is 1. The maximum absolute atomic E-state index is 12.3. The third-order valence-corrected chi connectivity index (χ3v) is 3.93. The van der Waals surface area contributed by atoms with Gasteiger partial charge in [0.15, 0.2) is 5.78 Å². The minimum Gasteiger partial charge on any atom is -0.313 e. The van der Waals surface area contributed by atoms with E-state index in [1.807, 2.05) is 24.4 Å². The number of carbonyl (C=O) groups excluding carboxylic acids is 1. The fraction of sp³-hybridized carbons (Fsp3) is 0.308. The van der Waals surface area contributed by atoms with Crippen LogP contribution in [-0.4, -0.2) is 15.3 Å². The first-order valence-electron chi connectivity index (χ1n) is 5.94. The van der Waals surface area contributed by atoms with Gasteiger partial charge in [-0.2, -0.15) is 0 Å². The lowest BCUT2D eigenvalue weighted by Gasteiger charge is -2.15. The Morgan fingerprint density at radius 3 is 2.74 bits per heavy atom. The van der Waals surface area contributed by atoms with E-state index in [1.54, 1.807) is 0 Å². The summed E-state index contributed by atoms with van der Waals surface area (Å²) in [6.07, 6.45) is 1.79. The zero-order chi connectivity index (χ0) is 14.0. The van der Waals surface area contributed by atoms with Crippen LogP contribution in [0.25, 0.3) is 0 Å². The summed E-state index contributed by atoms with van der Waals surface area (Å²) in [5.74, 6) is -0.351. The van der Waals surface area contributed by atoms with E-state index < -0.39 is 11.2 Å². The molecule has 0 saturated carbocycles. The summed E-state index contributed by atoms with van der Waals surface area (Å²) in [5.41, 5.74) is -1.01. The lowest BCUT2D eigenvalue weighted by molar-refractivity contribution is 0.101. The Kier molecular flexibility index (Phi) is 3.80. The van der Waals surface area contributed by atoms with Crippen molar-refractivity contribution in [3.05, 3.63) is 55.0 Å². The van der Waals surface area contributed by atoms with Gasteiger partial charge in [-0.3, -0.25) is 14.2 Å². The van der Waals surface area contributed by atoms with Crippen LogP contribution in [0.4, 0.5) is 0 Å². The van der Waals surface area contributed by atoms with Gasteiger partial charge in [0, 0.05) is 11.1 Å². The maximum atomic E-state index is 12.3. The number of H-pyrrole nitrogens is 1. The van der Waals surface area contributed by atoms with Crippen LogP contribution in [0.5, 0.6) is 0 Å². The first kappa shape index (κ1) is 13.5. The summed E-state index contributed by atoms with van der Waals surface area (Å²) >= 11 is 1.48. The van der Waals surface area contributed by atoms with Crippen molar-refractivity contribution in [2.24, 2.45) is 0 Å². The van der Waals surface area contributed by atoms with Crippen molar-refractivity contribution in [1.82, 2.24) is 9.55 Å². The highest BCUT2D eigenvalue weighted by Crippen LogP contribution is 2.23. The van der Waals surface area contributed by atoms with Gasteiger partial charge in [0.1, 0.15) is 0 Å². The predicted molar refractivity (Wildman–Crippen MR) is 74.1 cm³/mol. The monoisotopic (exact) mass is 278 g/mol. The molecule has 0 aliphatic heterocycles. The Balaban J connectivity index is 2.67. The first-order chi connectivity index (χ1) is 9.06. The smallest absolute Gasteiger partial charge is 0.313 e. The average molecular weight is 278 g/mol. The summed E-state index contributed by atoms with van der Waals surface area (Å²) in [5, 5.41) is 1.89. The molecule has 5 nitrogen and oxygen atoms in total. The molecule has 19 heavy (non-hydrogen) atoms. The molecule has 1 unspecified atom stereocenters. The molecule has 6 heteroatoms. The van der Waals surface area contributed by atoms with Gasteiger partial charge in [0.05, 0.1) is 11.6 Å². The molecule has 0 fully saturated rings. The van der Waals surface area contributed by atoms with E-state index in [9.17, 15) is 14.4 Å². The number of hydrogen-bond acceptors (Lipinski definition) is 4. The van der Waals surface area contributed by atoms with E-state index in [1.165, 1.54) is 24.5 Å². The van der Waals surface area contributed by atoms with Crippen LogP contribution in [0.1, 0.15) is 41.5 Å². The topological polar surface area (TPSA) is 71.9 Å². The molecule has 0 bridgehead atoms. The van der Waals surface area contributed by atoms with E-state index in [-0.39, 0.29) is 17.4 Å². The zero-order valence-electron chi connectivity index (χ0n) is 10.7. The Hall–Kier alpha value is -1.95. The minimum atomic E-state index is -0.531. The maximum Gasteiger partial charge on any atom is 0.328 e. The van der Waals surface area contributed by atoms with Gasteiger partial charge in [-0.05, 0) is 24.8 Å². The lowest BCUT2D eigenvalue weighted by atomic mass is 10.1. The molecule has 0 saturated heterocycles. The van der Waals surface area contributed by atoms with Gasteiger partial charge in [-0.25, -0.2) is 4.79 Å². The lowest BCUT2D eigenvalue weighted by Crippen LogP contribution is -2.40. The molecule has 2 heterocycles. The molecular formula is C13H14N2O3S. The van der Waals surface area contributed by atoms with Gasteiger partial charge in [0.25, 0.3) is 5.56 Å². The highest BCUT2D eigenvalue weighted by Gasteiger charge is 2.19. The number of hydrogen-bond donors (Lipinski definition) is 1. The third-order valence-electron chi connectivity index (χ3n) is 2.96. The number of ketones is 1. The van der Waals surface area contributed by atoms with Crippen LogP contribution in [-0.2, 0) is 0 Å². The first-order valence-corrected chi connectivity index (χ1v) is 6.82. The van der Waals surface area contributed by atoms with Crippen LogP contribution in [0.3, 0.4) is 0 Å². The van der Waals surface area contributed by atoms with Gasteiger partial charge in [0.2, 0.25) is 0 Å². The second kappa shape index (κ2) is 5.36. The second-order valence-corrected chi connectivity index (χ2v) is 5.16. The largest absolute Gasteiger partial charge is 0.328 e. The molecule has 1 N–H and O–H groups in total. The van der Waals surface area contributed by atoms with Crippen LogP contribution >= 0.6 is 11.3 Å². The molecule has 0 aliphatic rings. The molecule has 0 aromatic carbocycles. The highest BCUT2D eigenvalue weighted by atomic mass is 32.1. The average Bonchev–Trinajstić information content (AvgIpc) is 2.87. The van der Waals surface area contributed by atoms with E-state index in [0.717, 1.165) is 9.44 Å². The van der Waals surface area contributed by atoms with E-state index in [2.05, 4.69) is 4.98 Å². The number of aromatic amines is 1. The summed E-state index contributed by atoms with van der Waals surface area (Å²) in [7, 11) is 0. The normalized spacial score (nSPS) is 12.3. The number of nitrogens with zero attached hydrogens (tertiary/aromatic N) is 1. The van der Waals surface area contributed by atoms with E-state index in [4.69, 9.17) is 0 Å². The number of rotatable bonds is 4. The van der Waals surface area contributed by atoms with Gasteiger partial charge < -0.3 is 4.98 Å². The van der Waals surface area contributed by atoms with Gasteiger partial charge in [-0.1, -0.05) is 13.0 Å². The van der Waals surface area contributed by atoms with Crippen LogP contribution in [0.15, 0.2) is 33.3 Å².